The maximum absolute atomic E-state index is 9.84. The average Bonchev–Trinajstić information content (AvgIpc) is 2.92. The molecule has 7 heteroatoms. The summed E-state index contributed by atoms with van der Waals surface area (Å²) in [6.07, 6.45) is 6.27. The fraction of sp³-hybridized carbons (Fsp3) is 0.364. The first-order valence-electron chi connectivity index (χ1n) is 5.59. The van der Waals surface area contributed by atoms with Crippen molar-refractivity contribution in [3.8, 4) is 5.95 Å². The highest BCUT2D eigenvalue weighted by atomic mass is 16.3. The fourth-order valence-corrected chi connectivity index (χ4v) is 1.55. The molecule has 2 unspecified atom stereocenters. The van der Waals surface area contributed by atoms with Gasteiger partial charge in [-0.05, 0) is 13.0 Å². The topological polar surface area (TPSA) is 110 Å². The minimum absolute atomic E-state index is 0.312. The Balaban J connectivity index is 2.12. The Morgan fingerprint density at radius 2 is 2.00 bits per heavy atom. The first-order chi connectivity index (χ1) is 8.72. The first-order valence-corrected chi connectivity index (χ1v) is 5.59. The monoisotopic (exact) mass is 249 g/mol. The van der Waals surface area contributed by atoms with Gasteiger partial charge in [0.15, 0.2) is 0 Å². The van der Waals surface area contributed by atoms with E-state index in [4.69, 9.17) is 5.73 Å². The molecular weight excluding hydrogens is 234 g/mol. The van der Waals surface area contributed by atoms with E-state index in [2.05, 4.69) is 15.0 Å². The predicted molar refractivity (Wildman–Crippen MR) is 63.8 cm³/mol. The van der Waals surface area contributed by atoms with Crippen LogP contribution in [0.15, 0.2) is 31.1 Å². The smallest absolute Gasteiger partial charge is 0.234 e. The highest BCUT2D eigenvalue weighted by molar-refractivity contribution is 5.17. The summed E-state index contributed by atoms with van der Waals surface area (Å²) in [5.74, 6) is 0.455. The van der Waals surface area contributed by atoms with Gasteiger partial charge in [-0.3, -0.25) is 4.57 Å². The van der Waals surface area contributed by atoms with Crippen molar-refractivity contribution >= 4 is 0 Å². The molecule has 96 valence electrons. The van der Waals surface area contributed by atoms with Gasteiger partial charge in [-0.15, -0.1) is 0 Å². The summed E-state index contributed by atoms with van der Waals surface area (Å²) < 4.78 is 1.65. The number of aliphatic hydroxyl groups excluding tert-OH is 2. The van der Waals surface area contributed by atoms with Crippen molar-refractivity contribution in [2.45, 2.75) is 18.6 Å². The van der Waals surface area contributed by atoms with Gasteiger partial charge < -0.3 is 15.9 Å². The average molecular weight is 249 g/mol. The van der Waals surface area contributed by atoms with Crippen LogP contribution in [0.2, 0.25) is 0 Å². The number of hydrogen-bond donors (Lipinski definition) is 3. The molecular formula is C11H15N5O2. The van der Waals surface area contributed by atoms with Crippen LogP contribution < -0.4 is 5.73 Å². The van der Waals surface area contributed by atoms with E-state index in [1.54, 1.807) is 23.3 Å². The molecule has 0 spiro atoms. The maximum Gasteiger partial charge on any atom is 0.234 e. The predicted octanol–water partition coefficient (Wildman–Crippen LogP) is -0.595. The number of nitrogens with two attached hydrogens (primary N) is 1. The van der Waals surface area contributed by atoms with E-state index < -0.39 is 12.2 Å². The molecule has 4 N–H and O–H groups in total. The zero-order chi connectivity index (χ0) is 13.0. The van der Waals surface area contributed by atoms with Crippen molar-refractivity contribution in [1.29, 1.82) is 0 Å². The lowest BCUT2D eigenvalue weighted by atomic mass is 10.1. The Morgan fingerprint density at radius 3 is 2.56 bits per heavy atom. The van der Waals surface area contributed by atoms with E-state index in [-0.39, 0.29) is 0 Å². The van der Waals surface area contributed by atoms with Crippen LogP contribution in [0.4, 0.5) is 0 Å². The van der Waals surface area contributed by atoms with Crippen molar-refractivity contribution in [2.24, 2.45) is 5.73 Å². The van der Waals surface area contributed by atoms with Crippen LogP contribution in [-0.4, -0.2) is 42.4 Å². The normalized spacial score (nSPS) is 14.4. The van der Waals surface area contributed by atoms with Gasteiger partial charge in [0, 0.05) is 30.4 Å². The van der Waals surface area contributed by atoms with E-state index in [9.17, 15) is 10.2 Å². The second kappa shape index (κ2) is 5.67. The second-order valence-electron chi connectivity index (χ2n) is 3.88. The molecule has 2 atom stereocenters. The van der Waals surface area contributed by atoms with Crippen LogP contribution in [0.3, 0.4) is 0 Å². The molecule has 0 aliphatic heterocycles. The third-order valence-corrected chi connectivity index (χ3v) is 2.56. The highest BCUT2D eigenvalue weighted by Crippen LogP contribution is 2.17. The lowest BCUT2D eigenvalue weighted by Gasteiger charge is -2.16. The molecule has 0 bridgehead atoms. The Labute approximate surface area is 104 Å². The molecule has 0 amide bonds. The van der Waals surface area contributed by atoms with Crippen molar-refractivity contribution in [3.05, 3.63) is 36.7 Å². The lowest BCUT2D eigenvalue weighted by Crippen LogP contribution is -2.22. The third kappa shape index (κ3) is 2.70. The zero-order valence-electron chi connectivity index (χ0n) is 9.72. The van der Waals surface area contributed by atoms with E-state index >= 15 is 0 Å². The molecule has 2 aromatic heterocycles. The van der Waals surface area contributed by atoms with Crippen molar-refractivity contribution in [3.63, 3.8) is 0 Å². The molecule has 2 heterocycles. The van der Waals surface area contributed by atoms with E-state index in [0.717, 1.165) is 0 Å². The van der Waals surface area contributed by atoms with E-state index in [1.807, 2.05) is 0 Å². The van der Waals surface area contributed by atoms with Crippen molar-refractivity contribution in [2.75, 3.05) is 6.54 Å². The van der Waals surface area contributed by atoms with Gasteiger partial charge in [0.05, 0.1) is 6.10 Å². The quantitative estimate of drug-likeness (QED) is 0.653. The highest BCUT2D eigenvalue weighted by Gasteiger charge is 2.18. The van der Waals surface area contributed by atoms with Gasteiger partial charge in [-0.1, -0.05) is 0 Å². The molecule has 18 heavy (non-hydrogen) atoms. The summed E-state index contributed by atoms with van der Waals surface area (Å²) in [5, 5.41) is 19.5. The van der Waals surface area contributed by atoms with Crippen molar-refractivity contribution < 1.29 is 10.2 Å². The molecule has 0 aliphatic rings. The summed E-state index contributed by atoms with van der Waals surface area (Å²) >= 11 is 0. The number of aromatic nitrogens is 4. The summed E-state index contributed by atoms with van der Waals surface area (Å²) in [4.78, 5) is 12.1. The van der Waals surface area contributed by atoms with Gasteiger partial charge in [0.2, 0.25) is 5.95 Å². The number of aliphatic hydroxyl groups is 2. The van der Waals surface area contributed by atoms with Crippen LogP contribution >= 0.6 is 0 Å². The Morgan fingerprint density at radius 1 is 1.28 bits per heavy atom. The molecule has 0 radical (unpaired) electrons. The van der Waals surface area contributed by atoms with Gasteiger partial charge in [-0.2, -0.15) is 0 Å². The van der Waals surface area contributed by atoms with Crippen LogP contribution in [0.25, 0.3) is 5.95 Å². The second-order valence-corrected chi connectivity index (χ2v) is 3.88. The van der Waals surface area contributed by atoms with Crippen LogP contribution in [0.5, 0.6) is 0 Å². The minimum Gasteiger partial charge on any atom is -0.390 e. The minimum atomic E-state index is -1.02. The van der Waals surface area contributed by atoms with Crippen LogP contribution in [-0.2, 0) is 0 Å². The molecule has 7 nitrogen and oxygen atoms in total. The number of hydrogen-bond acceptors (Lipinski definition) is 6. The fourth-order valence-electron chi connectivity index (χ4n) is 1.55. The van der Waals surface area contributed by atoms with Gasteiger partial charge >= 0.3 is 0 Å². The first kappa shape index (κ1) is 12.6. The number of rotatable bonds is 5. The van der Waals surface area contributed by atoms with Gasteiger partial charge in [0.1, 0.15) is 12.4 Å². The molecule has 2 aromatic rings. The molecule has 0 aliphatic carbocycles. The zero-order valence-corrected chi connectivity index (χ0v) is 9.72. The molecule has 0 aromatic carbocycles. The lowest BCUT2D eigenvalue weighted by molar-refractivity contribution is 0.0146. The van der Waals surface area contributed by atoms with Crippen molar-refractivity contribution in [1.82, 2.24) is 19.5 Å². The molecule has 0 fully saturated rings. The number of imidazole rings is 1. The SMILES string of the molecule is NCCC(O)C(O)c1cnc(-n2ccnc2)nc1. The maximum atomic E-state index is 9.84. The molecule has 2 rings (SSSR count). The summed E-state index contributed by atoms with van der Waals surface area (Å²) in [6, 6.07) is 0. The Hall–Kier alpha value is -1.83. The van der Waals surface area contributed by atoms with Crippen LogP contribution in [0, 0.1) is 0 Å². The number of nitrogens with zero attached hydrogens (tertiary/aromatic N) is 4. The van der Waals surface area contributed by atoms with Gasteiger partial charge in [0.25, 0.3) is 0 Å². The van der Waals surface area contributed by atoms with E-state index in [1.165, 1.54) is 12.4 Å². The standard InChI is InChI=1S/C11H15N5O2/c12-2-1-9(17)10(18)8-5-14-11(15-6-8)16-4-3-13-7-16/h3-7,9-10,17-18H,1-2,12H2. The molecule has 0 saturated heterocycles. The summed E-state index contributed by atoms with van der Waals surface area (Å²) in [6.45, 7) is 0.312. The summed E-state index contributed by atoms with van der Waals surface area (Å²) in [7, 11) is 0. The summed E-state index contributed by atoms with van der Waals surface area (Å²) in [5.41, 5.74) is 5.78. The third-order valence-electron chi connectivity index (χ3n) is 2.56. The Bertz CT molecular complexity index is 471. The van der Waals surface area contributed by atoms with Crippen LogP contribution in [0.1, 0.15) is 18.1 Å². The molecule has 0 saturated carbocycles. The van der Waals surface area contributed by atoms with Gasteiger partial charge in [-0.25, -0.2) is 15.0 Å². The largest absolute Gasteiger partial charge is 0.390 e. The Kier molecular flexibility index (Phi) is 3.98. The van der Waals surface area contributed by atoms with E-state index in [0.29, 0.717) is 24.5 Å².